The molecule has 5 rings (SSSR count). The number of hydrogen-bond acceptors (Lipinski definition) is 6. The molecule has 3 heterocycles. The van der Waals surface area contributed by atoms with E-state index in [1.807, 2.05) is 26.0 Å². The van der Waals surface area contributed by atoms with Gasteiger partial charge in [-0.25, -0.2) is 22.5 Å². The zero-order valence-corrected chi connectivity index (χ0v) is 17.8. The molecule has 2 aromatic carbocycles. The number of benzene rings is 2. The third kappa shape index (κ3) is 3.04. The maximum absolute atomic E-state index is 13.5. The number of para-hydroxylation sites is 2. The predicted molar refractivity (Wildman–Crippen MR) is 112 cm³/mol. The first-order chi connectivity index (χ1) is 14.4. The van der Waals surface area contributed by atoms with Crippen molar-refractivity contribution in [1.82, 2.24) is 24.0 Å². The summed E-state index contributed by atoms with van der Waals surface area (Å²) in [6.07, 6.45) is 0. The monoisotopic (exact) mass is 437 g/mol. The minimum Gasteiger partial charge on any atom is -0.221 e. The van der Waals surface area contributed by atoms with Crippen LogP contribution in [-0.2, 0) is 10.0 Å². The van der Waals surface area contributed by atoms with Crippen LogP contribution in [0, 0.1) is 13.8 Å². The number of fused-ring (bicyclic) bond motifs is 2. The minimum atomic E-state index is -3.85. The fourth-order valence-corrected chi connectivity index (χ4v) is 5.98. The molecule has 150 valence electrons. The summed E-state index contributed by atoms with van der Waals surface area (Å²) >= 11 is 1.24. The van der Waals surface area contributed by atoms with Gasteiger partial charge in [-0.1, -0.05) is 40.3 Å². The van der Waals surface area contributed by atoms with E-state index in [0.717, 1.165) is 10.7 Å². The molecule has 0 saturated carbocycles. The van der Waals surface area contributed by atoms with E-state index in [-0.39, 0.29) is 4.90 Å². The Kier molecular flexibility index (Phi) is 4.33. The smallest absolute Gasteiger partial charge is 0.221 e. The number of aromatic amines is 1. The quantitative estimate of drug-likeness (QED) is 0.343. The van der Waals surface area contributed by atoms with Gasteiger partial charge in [0.05, 0.1) is 15.9 Å². The van der Waals surface area contributed by atoms with Gasteiger partial charge >= 0.3 is 5.78 Å². The molecule has 5 aromatic rings. The standard InChI is InChI=1S/C20H16N6O2S2/c1-13-12-18(25-19(21-13)22-14(2)24-25)29-20-23-16-10-6-7-11-17(16)26(20)30(27,28)15-8-4-3-5-9-15/h3-12H,1-2H3/p+1. The number of hydrogen-bond donors (Lipinski definition) is 1. The van der Waals surface area contributed by atoms with E-state index < -0.39 is 10.0 Å². The summed E-state index contributed by atoms with van der Waals surface area (Å²) < 4.78 is 30.1. The lowest BCUT2D eigenvalue weighted by Gasteiger charge is -2.10. The molecule has 3 aromatic heterocycles. The number of nitrogens with zero attached hydrogens (tertiary/aromatic N) is 5. The van der Waals surface area contributed by atoms with Gasteiger partial charge in [0.25, 0.3) is 10.0 Å². The van der Waals surface area contributed by atoms with Crippen LogP contribution in [0.5, 0.6) is 0 Å². The fourth-order valence-electron chi connectivity index (χ4n) is 3.24. The molecule has 8 nitrogen and oxygen atoms in total. The fraction of sp³-hybridized carbons (Fsp3) is 0.100. The molecule has 0 fully saturated rings. The Morgan fingerprint density at radius 2 is 1.70 bits per heavy atom. The van der Waals surface area contributed by atoms with Crippen LogP contribution >= 0.6 is 11.8 Å². The summed E-state index contributed by atoms with van der Waals surface area (Å²) in [7, 11) is -3.85. The molecule has 0 amide bonds. The molecule has 30 heavy (non-hydrogen) atoms. The van der Waals surface area contributed by atoms with Crippen molar-refractivity contribution < 1.29 is 12.9 Å². The highest BCUT2D eigenvalue weighted by Crippen LogP contribution is 2.32. The Labute approximate surface area is 176 Å². The van der Waals surface area contributed by atoms with Crippen molar-refractivity contribution in [2.24, 2.45) is 0 Å². The van der Waals surface area contributed by atoms with Gasteiger partial charge in [-0.2, -0.15) is 0 Å². The third-order valence-corrected chi connectivity index (χ3v) is 7.34. The van der Waals surface area contributed by atoms with Crippen molar-refractivity contribution in [1.29, 1.82) is 0 Å². The average Bonchev–Trinajstić information content (AvgIpc) is 3.28. The van der Waals surface area contributed by atoms with E-state index in [4.69, 9.17) is 0 Å². The minimum absolute atomic E-state index is 0.205. The van der Waals surface area contributed by atoms with Crippen molar-refractivity contribution in [2.75, 3.05) is 0 Å². The van der Waals surface area contributed by atoms with E-state index in [9.17, 15) is 8.42 Å². The molecule has 0 unspecified atom stereocenters. The van der Waals surface area contributed by atoms with E-state index in [1.54, 1.807) is 53.0 Å². The summed E-state index contributed by atoms with van der Waals surface area (Å²) in [6, 6.07) is 17.4. The van der Waals surface area contributed by atoms with Crippen LogP contribution in [0.3, 0.4) is 0 Å². The van der Waals surface area contributed by atoms with E-state index in [0.29, 0.717) is 27.8 Å². The molecule has 0 aliphatic heterocycles. The first kappa shape index (κ1) is 18.8. The maximum Gasteiger partial charge on any atom is 0.458 e. The average molecular weight is 438 g/mol. The Morgan fingerprint density at radius 1 is 0.967 bits per heavy atom. The van der Waals surface area contributed by atoms with Gasteiger partial charge in [-0.3, -0.25) is 0 Å². The summed E-state index contributed by atoms with van der Waals surface area (Å²) in [4.78, 5) is 13.6. The highest BCUT2D eigenvalue weighted by Gasteiger charge is 2.27. The Morgan fingerprint density at radius 3 is 2.50 bits per heavy atom. The lowest BCUT2D eigenvalue weighted by Crippen LogP contribution is -2.28. The second-order valence-electron chi connectivity index (χ2n) is 6.75. The Hall–Kier alpha value is -3.24. The van der Waals surface area contributed by atoms with Crippen LogP contribution in [0.2, 0.25) is 0 Å². The second-order valence-corrected chi connectivity index (χ2v) is 9.52. The molecule has 0 atom stereocenters. The highest BCUT2D eigenvalue weighted by molar-refractivity contribution is 7.99. The van der Waals surface area contributed by atoms with Gasteiger partial charge < -0.3 is 0 Å². The third-order valence-electron chi connectivity index (χ3n) is 4.54. The number of rotatable bonds is 4. The molecular weight excluding hydrogens is 420 g/mol. The molecule has 10 heteroatoms. The van der Waals surface area contributed by atoms with Gasteiger partial charge in [0.1, 0.15) is 5.69 Å². The van der Waals surface area contributed by atoms with Gasteiger partial charge in [0.2, 0.25) is 5.82 Å². The second kappa shape index (κ2) is 6.92. The molecular formula is C20H17N6O2S2+. The maximum atomic E-state index is 13.5. The highest BCUT2D eigenvalue weighted by atomic mass is 32.2. The Balaban J connectivity index is 1.75. The predicted octanol–water partition coefficient (Wildman–Crippen LogP) is 2.90. The van der Waals surface area contributed by atoms with Gasteiger partial charge in [0, 0.05) is 13.0 Å². The van der Waals surface area contributed by atoms with E-state index in [1.165, 1.54) is 15.7 Å². The topological polar surface area (TPSA) is 97.6 Å². The lowest BCUT2D eigenvalue weighted by molar-refractivity contribution is -0.620. The van der Waals surface area contributed by atoms with E-state index >= 15 is 0 Å². The zero-order chi connectivity index (χ0) is 20.9. The summed E-state index contributed by atoms with van der Waals surface area (Å²) in [5, 5.41) is 4.21. The summed E-state index contributed by atoms with van der Waals surface area (Å²) in [5.41, 5.74) is 1.90. The van der Waals surface area contributed by atoms with Gasteiger partial charge in [-0.15, -0.1) is 4.52 Å². The van der Waals surface area contributed by atoms with Crippen LogP contribution in [-0.4, -0.2) is 32.4 Å². The normalized spacial score (nSPS) is 12.1. The van der Waals surface area contributed by atoms with Crippen molar-refractivity contribution in [3.63, 3.8) is 0 Å². The molecule has 0 aliphatic carbocycles. The molecule has 0 radical (unpaired) electrons. The molecule has 0 aliphatic rings. The number of aryl methyl sites for hydroxylation is 2. The molecule has 0 bridgehead atoms. The summed E-state index contributed by atoms with van der Waals surface area (Å²) in [5.74, 6) is 1.23. The van der Waals surface area contributed by atoms with E-state index in [2.05, 4.69) is 20.1 Å². The van der Waals surface area contributed by atoms with Crippen molar-refractivity contribution in [3.8, 4) is 0 Å². The van der Waals surface area contributed by atoms with Gasteiger partial charge in [0.15, 0.2) is 10.2 Å². The lowest BCUT2D eigenvalue weighted by atomic mass is 10.3. The van der Waals surface area contributed by atoms with Crippen molar-refractivity contribution in [3.05, 3.63) is 72.2 Å². The number of nitrogens with one attached hydrogen (secondary N) is 1. The van der Waals surface area contributed by atoms with Crippen LogP contribution < -0.4 is 4.52 Å². The van der Waals surface area contributed by atoms with Crippen LogP contribution in [0.25, 0.3) is 16.8 Å². The Bertz CT molecular complexity index is 1510. The number of aromatic nitrogens is 6. The first-order valence-electron chi connectivity index (χ1n) is 9.15. The number of imidazole rings is 1. The van der Waals surface area contributed by atoms with Crippen LogP contribution in [0.1, 0.15) is 11.5 Å². The molecule has 0 spiro atoms. The molecule has 1 N–H and O–H groups in total. The van der Waals surface area contributed by atoms with Crippen LogP contribution in [0.4, 0.5) is 0 Å². The zero-order valence-electron chi connectivity index (χ0n) is 16.1. The van der Waals surface area contributed by atoms with Crippen molar-refractivity contribution >= 4 is 38.6 Å². The first-order valence-corrected chi connectivity index (χ1v) is 11.4. The largest absolute Gasteiger partial charge is 0.458 e. The van der Waals surface area contributed by atoms with Crippen molar-refractivity contribution in [2.45, 2.75) is 28.9 Å². The summed E-state index contributed by atoms with van der Waals surface area (Å²) in [6.45, 7) is 3.71. The SMILES string of the molecule is Cc1cc(Sc2nc3ccccc3n2S(=O)(=O)c2ccccc2)[n+]2[nH]c(C)nc2n1. The van der Waals surface area contributed by atoms with Gasteiger partial charge in [-0.05, 0) is 43.0 Å². The molecule has 0 saturated heterocycles. The number of H-pyrrole nitrogens is 1. The van der Waals surface area contributed by atoms with Crippen LogP contribution in [0.15, 0.2) is 75.7 Å².